The number of pyridine rings is 1. The Morgan fingerprint density at radius 1 is 1.06 bits per heavy atom. The summed E-state index contributed by atoms with van der Waals surface area (Å²) in [5.74, 6) is 1.98. The number of hydrogen-bond donors (Lipinski definition) is 1. The Balaban J connectivity index is 2.09. The average molecular weight is 244 g/mol. The quantitative estimate of drug-likeness (QED) is 0.878. The zero-order chi connectivity index (χ0) is 12.8. The summed E-state index contributed by atoms with van der Waals surface area (Å²) in [7, 11) is 3.21. The van der Waals surface area contributed by atoms with Crippen LogP contribution in [0.4, 0.5) is 5.82 Å². The van der Waals surface area contributed by atoms with Gasteiger partial charge in [-0.2, -0.15) is 4.98 Å². The van der Waals surface area contributed by atoms with E-state index < -0.39 is 0 Å². The molecule has 4 heteroatoms. The highest BCUT2D eigenvalue weighted by atomic mass is 16.5. The highest BCUT2D eigenvalue weighted by Crippen LogP contribution is 2.21. The van der Waals surface area contributed by atoms with E-state index >= 15 is 0 Å². The van der Waals surface area contributed by atoms with Gasteiger partial charge in [0.2, 0.25) is 5.88 Å². The highest BCUT2D eigenvalue weighted by Gasteiger charge is 2.03. The minimum Gasteiger partial charge on any atom is -0.496 e. The lowest BCUT2D eigenvalue weighted by Crippen LogP contribution is -2.02. The van der Waals surface area contributed by atoms with Crippen molar-refractivity contribution in [3.8, 4) is 11.6 Å². The maximum atomic E-state index is 5.19. The van der Waals surface area contributed by atoms with Crippen LogP contribution in [-0.4, -0.2) is 19.2 Å². The fourth-order valence-electron chi connectivity index (χ4n) is 1.58. The zero-order valence-electron chi connectivity index (χ0n) is 10.5. The van der Waals surface area contributed by atoms with Crippen molar-refractivity contribution in [2.45, 2.75) is 6.54 Å². The lowest BCUT2D eigenvalue weighted by Gasteiger charge is -2.09. The molecule has 94 valence electrons. The Hall–Kier alpha value is -2.23. The van der Waals surface area contributed by atoms with Crippen molar-refractivity contribution in [1.82, 2.24) is 4.98 Å². The molecule has 0 saturated carbocycles. The van der Waals surface area contributed by atoms with E-state index in [1.54, 1.807) is 20.3 Å². The normalized spacial score (nSPS) is 9.89. The summed E-state index contributed by atoms with van der Waals surface area (Å²) in [4.78, 5) is 4.30. The van der Waals surface area contributed by atoms with E-state index in [2.05, 4.69) is 22.4 Å². The minimum atomic E-state index is 0.532. The third-order valence-corrected chi connectivity index (χ3v) is 2.54. The van der Waals surface area contributed by atoms with Gasteiger partial charge < -0.3 is 14.8 Å². The predicted molar refractivity (Wildman–Crippen MR) is 71.1 cm³/mol. The highest BCUT2D eigenvalue weighted by molar-refractivity contribution is 5.45. The third kappa shape index (κ3) is 3.13. The number of rotatable bonds is 5. The van der Waals surface area contributed by atoms with Gasteiger partial charge in [0.25, 0.3) is 0 Å². The third-order valence-electron chi connectivity index (χ3n) is 2.54. The molecule has 0 amide bonds. The van der Waals surface area contributed by atoms with E-state index in [-0.39, 0.29) is 0 Å². The summed E-state index contributed by atoms with van der Waals surface area (Å²) in [5, 5.41) is 3.24. The molecule has 0 aliphatic rings. The molecule has 0 aliphatic carbocycles. The molecule has 1 N–H and O–H groups in total. The van der Waals surface area contributed by atoms with Crippen molar-refractivity contribution < 1.29 is 9.47 Å². The average Bonchev–Trinajstić information content (AvgIpc) is 2.45. The molecule has 2 aromatic rings. The van der Waals surface area contributed by atoms with Crippen LogP contribution >= 0.6 is 0 Å². The van der Waals surface area contributed by atoms with E-state index in [0.717, 1.165) is 11.6 Å². The number of nitrogens with zero attached hydrogens (tertiary/aromatic N) is 1. The van der Waals surface area contributed by atoms with Crippen LogP contribution in [0.3, 0.4) is 0 Å². The number of anilines is 1. The summed E-state index contributed by atoms with van der Waals surface area (Å²) in [6, 6.07) is 13.7. The summed E-state index contributed by atoms with van der Waals surface area (Å²) in [6.07, 6.45) is 0. The lowest BCUT2D eigenvalue weighted by atomic mass is 10.2. The van der Waals surface area contributed by atoms with E-state index in [4.69, 9.17) is 9.47 Å². The molecule has 0 fully saturated rings. The Morgan fingerprint density at radius 3 is 2.50 bits per heavy atom. The number of benzene rings is 1. The molecule has 0 bridgehead atoms. The second-order valence-corrected chi connectivity index (χ2v) is 3.77. The van der Waals surface area contributed by atoms with Crippen LogP contribution in [0.5, 0.6) is 11.6 Å². The van der Waals surface area contributed by atoms with Gasteiger partial charge >= 0.3 is 0 Å². The van der Waals surface area contributed by atoms with Crippen molar-refractivity contribution in [3.63, 3.8) is 0 Å². The first-order valence-corrected chi connectivity index (χ1v) is 5.69. The fourth-order valence-corrected chi connectivity index (χ4v) is 1.58. The fraction of sp³-hybridized carbons (Fsp3) is 0.214. The van der Waals surface area contributed by atoms with Gasteiger partial charge in [-0.1, -0.05) is 30.3 Å². The van der Waals surface area contributed by atoms with Crippen molar-refractivity contribution in [3.05, 3.63) is 48.0 Å². The first-order chi connectivity index (χ1) is 8.81. The molecule has 0 radical (unpaired) electrons. The number of aromatic nitrogens is 1. The smallest absolute Gasteiger partial charge is 0.218 e. The van der Waals surface area contributed by atoms with Crippen LogP contribution < -0.4 is 14.8 Å². The van der Waals surface area contributed by atoms with E-state index in [0.29, 0.717) is 12.4 Å². The summed E-state index contributed by atoms with van der Waals surface area (Å²) < 4.78 is 10.3. The van der Waals surface area contributed by atoms with Crippen molar-refractivity contribution >= 4 is 5.82 Å². The molecule has 0 atom stereocenters. The first kappa shape index (κ1) is 12.2. The Bertz CT molecular complexity index is 478. The molecule has 4 nitrogen and oxygen atoms in total. The molecular weight excluding hydrogens is 228 g/mol. The Kier molecular flexibility index (Phi) is 4.02. The number of nitrogens with one attached hydrogen (secondary N) is 1. The van der Waals surface area contributed by atoms with Gasteiger partial charge in [0, 0.05) is 18.7 Å². The molecule has 1 aromatic carbocycles. The Morgan fingerprint density at radius 2 is 1.83 bits per heavy atom. The topological polar surface area (TPSA) is 43.4 Å². The molecule has 0 unspecified atom stereocenters. The largest absolute Gasteiger partial charge is 0.496 e. The van der Waals surface area contributed by atoms with Crippen LogP contribution in [0.25, 0.3) is 0 Å². The lowest BCUT2D eigenvalue weighted by molar-refractivity contribution is 0.383. The second kappa shape index (κ2) is 5.91. The monoisotopic (exact) mass is 244 g/mol. The molecule has 18 heavy (non-hydrogen) atoms. The van der Waals surface area contributed by atoms with Crippen LogP contribution in [0, 0.1) is 0 Å². The zero-order valence-corrected chi connectivity index (χ0v) is 10.5. The maximum Gasteiger partial charge on any atom is 0.218 e. The summed E-state index contributed by atoms with van der Waals surface area (Å²) in [6.45, 7) is 0.712. The number of ether oxygens (including phenoxy) is 2. The molecule has 1 aromatic heterocycles. The van der Waals surface area contributed by atoms with Gasteiger partial charge in [-0.25, -0.2) is 0 Å². The van der Waals surface area contributed by atoms with Crippen molar-refractivity contribution in [2.24, 2.45) is 0 Å². The number of hydrogen-bond acceptors (Lipinski definition) is 4. The molecule has 2 rings (SSSR count). The van der Waals surface area contributed by atoms with Gasteiger partial charge in [-0.15, -0.1) is 0 Å². The van der Waals surface area contributed by atoms with Gasteiger partial charge in [0.1, 0.15) is 11.6 Å². The van der Waals surface area contributed by atoms with Gasteiger partial charge in [-0.05, 0) is 5.56 Å². The van der Waals surface area contributed by atoms with Crippen LogP contribution in [0.1, 0.15) is 5.56 Å². The van der Waals surface area contributed by atoms with Gasteiger partial charge in [0.15, 0.2) is 0 Å². The molecule has 0 saturated heterocycles. The van der Waals surface area contributed by atoms with Crippen LogP contribution in [0.2, 0.25) is 0 Å². The first-order valence-electron chi connectivity index (χ1n) is 5.69. The summed E-state index contributed by atoms with van der Waals surface area (Å²) >= 11 is 0. The van der Waals surface area contributed by atoms with Gasteiger partial charge in [0.05, 0.1) is 14.2 Å². The number of methoxy groups -OCH3 is 2. The van der Waals surface area contributed by atoms with Gasteiger partial charge in [-0.3, -0.25) is 0 Å². The molecule has 0 spiro atoms. The molecule has 0 aliphatic heterocycles. The van der Waals surface area contributed by atoms with Crippen molar-refractivity contribution in [1.29, 1.82) is 0 Å². The SMILES string of the molecule is COc1cc(NCc2ccccc2)nc(OC)c1. The predicted octanol–water partition coefficient (Wildman–Crippen LogP) is 2.71. The van der Waals surface area contributed by atoms with Crippen LogP contribution in [0.15, 0.2) is 42.5 Å². The summed E-state index contributed by atoms with van der Waals surface area (Å²) in [5.41, 5.74) is 1.20. The second-order valence-electron chi connectivity index (χ2n) is 3.77. The van der Waals surface area contributed by atoms with E-state index in [9.17, 15) is 0 Å². The molecular formula is C14H16N2O2. The van der Waals surface area contributed by atoms with Crippen LogP contribution in [-0.2, 0) is 6.54 Å². The minimum absolute atomic E-state index is 0.532. The van der Waals surface area contributed by atoms with Crippen molar-refractivity contribution in [2.75, 3.05) is 19.5 Å². The van der Waals surface area contributed by atoms with E-state index in [1.165, 1.54) is 5.56 Å². The Labute approximate surface area is 107 Å². The standard InChI is InChI=1S/C14H16N2O2/c1-17-12-8-13(16-14(9-12)18-2)15-10-11-6-4-3-5-7-11/h3-9H,10H2,1-2H3,(H,15,16). The maximum absolute atomic E-state index is 5.19. The molecule has 1 heterocycles. The van der Waals surface area contributed by atoms with E-state index in [1.807, 2.05) is 24.3 Å².